The molecule has 1 heterocycles. The molecule has 0 aliphatic carbocycles. The van der Waals surface area contributed by atoms with Crippen LogP contribution in [0.15, 0.2) is 52.5 Å². The van der Waals surface area contributed by atoms with Crippen LogP contribution in [0.3, 0.4) is 0 Å². The van der Waals surface area contributed by atoms with Gasteiger partial charge in [0.2, 0.25) is 0 Å². The zero-order chi connectivity index (χ0) is 24.8. The number of amides is 1. The van der Waals surface area contributed by atoms with Gasteiger partial charge in [-0.05, 0) is 81.9 Å². The number of hydrogen-bond acceptors (Lipinski definition) is 5. The van der Waals surface area contributed by atoms with E-state index < -0.39 is 17.7 Å². The van der Waals surface area contributed by atoms with Crippen molar-refractivity contribution in [2.24, 2.45) is 0 Å². The Hall–Kier alpha value is -2.64. The highest BCUT2D eigenvalue weighted by atomic mass is 79.9. The number of nitrogens with zero attached hydrogens (tertiary/aromatic N) is 2. The summed E-state index contributed by atoms with van der Waals surface area (Å²) in [6, 6.07) is 12.2. The van der Waals surface area contributed by atoms with Gasteiger partial charge in [0.15, 0.2) is 0 Å². The summed E-state index contributed by atoms with van der Waals surface area (Å²) in [4.78, 5) is 29.8. The van der Waals surface area contributed by atoms with Gasteiger partial charge in [0, 0.05) is 16.6 Å². The van der Waals surface area contributed by atoms with E-state index in [-0.39, 0.29) is 11.3 Å². The molecule has 1 aliphatic rings. The molecule has 1 atom stereocenters. The molecule has 34 heavy (non-hydrogen) atoms. The minimum Gasteiger partial charge on any atom is -0.507 e. The third-order valence-corrected chi connectivity index (χ3v) is 6.46. The lowest BCUT2D eigenvalue weighted by Gasteiger charge is -2.26. The minimum absolute atomic E-state index is 0.122. The van der Waals surface area contributed by atoms with Crippen LogP contribution in [0.1, 0.15) is 48.9 Å². The lowest BCUT2D eigenvalue weighted by molar-refractivity contribution is -0.139. The van der Waals surface area contributed by atoms with E-state index in [9.17, 15) is 14.7 Å². The van der Waals surface area contributed by atoms with Crippen LogP contribution in [0.25, 0.3) is 5.76 Å². The van der Waals surface area contributed by atoms with Crippen molar-refractivity contribution in [1.29, 1.82) is 0 Å². The van der Waals surface area contributed by atoms with E-state index in [0.717, 1.165) is 47.2 Å². The van der Waals surface area contributed by atoms with Crippen LogP contribution >= 0.6 is 15.9 Å². The first-order valence-corrected chi connectivity index (χ1v) is 12.5. The maximum atomic E-state index is 13.2. The average molecular weight is 529 g/mol. The fourth-order valence-corrected chi connectivity index (χ4v) is 4.36. The maximum absolute atomic E-state index is 13.2. The molecule has 0 radical (unpaired) electrons. The van der Waals surface area contributed by atoms with Crippen LogP contribution in [0.5, 0.6) is 5.75 Å². The van der Waals surface area contributed by atoms with E-state index in [0.29, 0.717) is 18.7 Å². The van der Waals surface area contributed by atoms with Gasteiger partial charge < -0.3 is 19.6 Å². The smallest absolute Gasteiger partial charge is 0.295 e. The summed E-state index contributed by atoms with van der Waals surface area (Å²) in [6.45, 7) is 5.85. The van der Waals surface area contributed by atoms with Crippen molar-refractivity contribution >= 4 is 33.4 Å². The third kappa shape index (κ3) is 5.88. The molecule has 0 spiro atoms. The van der Waals surface area contributed by atoms with Crippen LogP contribution < -0.4 is 4.74 Å². The third-order valence-electron chi connectivity index (χ3n) is 5.93. The molecule has 1 aliphatic heterocycles. The Labute approximate surface area is 210 Å². The number of rotatable bonds is 10. The first-order valence-electron chi connectivity index (χ1n) is 11.7. The molecule has 1 fully saturated rings. The Kier molecular flexibility index (Phi) is 8.91. The second-order valence-electron chi connectivity index (χ2n) is 8.88. The second kappa shape index (κ2) is 11.7. The summed E-state index contributed by atoms with van der Waals surface area (Å²) in [6.07, 6.45) is 2.73. The SMILES string of the molecule is CCCCOc1ccc(/C(O)=C2\C(=O)C(=O)N(CCCN(C)C)[C@@H]2c2ccc(Br)cc2)cc1C. The van der Waals surface area contributed by atoms with Crippen LogP contribution in [0.2, 0.25) is 0 Å². The quantitative estimate of drug-likeness (QED) is 0.196. The maximum Gasteiger partial charge on any atom is 0.295 e. The lowest BCUT2D eigenvalue weighted by atomic mass is 9.94. The van der Waals surface area contributed by atoms with Gasteiger partial charge in [-0.25, -0.2) is 0 Å². The molecule has 3 rings (SSSR count). The van der Waals surface area contributed by atoms with E-state index in [1.807, 2.05) is 56.3 Å². The Morgan fingerprint density at radius 2 is 1.82 bits per heavy atom. The number of likely N-dealkylation sites (tertiary alicyclic amines) is 1. The van der Waals surface area contributed by atoms with Gasteiger partial charge in [-0.3, -0.25) is 9.59 Å². The van der Waals surface area contributed by atoms with Crippen molar-refractivity contribution in [1.82, 2.24) is 9.80 Å². The molecule has 1 N–H and O–H groups in total. The Morgan fingerprint density at radius 1 is 1.12 bits per heavy atom. The average Bonchev–Trinajstić information content (AvgIpc) is 3.05. The van der Waals surface area contributed by atoms with Crippen molar-refractivity contribution in [3.8, 4) is 5.75 Å². The highest BCUT2D eigenvalue weighted by Crippen LogP contribution is 2.40. The molecule has 2 aromatic carbocycles. The number of ketones is 1. The molecular formula is C27H33BrN2O4. The number of benzene rings is 2. The molecule has 0 bridgehead atoms. The number of carbonyl (C=O) groups is 2. The molecule has 7 heteroatoms. The molecule has 1 amide bonds. The summed E-state index contributed by atoms with van der Waals surface area (Å²) in [5.74, 6) is -0.649. The molecule has 0 saturated carbocycles. The molecule has 0 unspecified atom stereocenters. The molecule has 6 nitrogen and oxygen atoms in total. The molecule has 0 aromatic heterocycles. The normalized spacial score (nSPS) is 17.6. The number of ether oxygens (including phenoxy) is 1. The van der Waals surface area contributed by atoms with Crippen LogP contribution in [-0.2, 0) is 9.59 Å². The van der Waals surface area contributed by atoms with Gasteiger partial charge in [-0.2, -0.15) is 0 Å². The van der Waals surface area contributed by atoms with Crippen molar-refractivity contribution in [3.05, 3.63) is 69.2 Å². The van der Waals surface area contributed by atoms with E-state index in [1.165, 1.54) is 0 Å². The number of aliphatic hydroxyl groups excluding tert-OH is 1. The summed E-state index contributed by atoms with van der Waals surface area (Å²) in [5.41, 5.74) is 2.26. The molecule has 2 aromatic rings. The van der Waals surface area contributed by atoms with E-state index in [4.69, 9.17) is 4.74 Å². The zero-order valence-corrected chi connectivity index (χ0v) is 21.9. The second-order valence-corrected chi connectivity index (χ2v) is 9.80. The number of Topliss-reactive ketones (excluding diaryl/α,β-unsaturated/α-hetero) is 1. The van der Waals surface area contributed by atoms with E-state index in [1.54, 1.807) is 17.0 Å². The summed E-state index contributed by atoms with van der Waals surface area (Å²) in [5, 5.41) is 11.3. The molecular weight excluding hydrogens is 496 g/mol. The Bertz CT molecular complexity index is 1060. The Morgan fingerprint density at radius 3 is 2.44 bits per heavy atom. The minimum atomic E-state index is -0.656. The lowest BCUT2D eigenvalue weighted by Crippen LogP contribution is -2.32. The van der Waals surface area contributed by atoms with Gasteiger partial charge in [-0.1, -0.05) is 41.4 Å². The molecule has 1 saturated heterocycles. The standard InChI is InChI=1S/C27H33BrN2O4/c1-5-6-16-34-22-13-10-20(17-18(22)2)25(31)23-24(19-8-11-21(28)12-9-19)30(27(33)26(23)32)15-7-14-29(3)4/h8-13,17,24,31H,5-7,14-16H2,1-4H3/b25-23+/t24-/m1/s1. The van der Waals surface area contributed by atoms with E-state index in [2.05, 4.69) is 22.9 Å². The number of carbonyl (C=O) groups excluding carboxylic acids is 2. The topological polar surface area (TPSA) is 70.1 Å². The number of halogens is 1. The number of hydrogen-bond donors (Lipinski definition) is 1. The number of aryl methyl sites for hydroxylation is 1. The van der Waals surface area contributed by atoms with Crippen molar-refractivity contribution in [2.75, 3.05) is 33.8 Å². The van der Waals surface area contributed by atoms with Crippen molar-refractivity contribution < 1.29 is 19.4 Å². The zero-order valence-electron chi connectivity index (χ0n) is 20.3. The highest BCUT2D eigenvalue weighted by Gasteiger charge is 2.45. The molecule has 182 valence electrons. The van der Waals surface area contributed by atoms with Gasteiger partial charge in [0.1, 0.15) is 11.5 Å². The van der Waals surface area contributed by atoms with Gasteiger partial charge in [0.25, 0.3) is 11.7 Å². The fraction of sp³-hybridized carbons (Fsp3) is 0.407. The summed E-state index contributed by atoms with van der Waals surface area (Å²) < 4.78 is 6.72. The highest BCUT2D eigenvalue weighted by molar-refractivity contribution is 9.10. The van der Waals surface area contributed by atoms with Crippen LogP contribution in [0, 0.1) is 6.92 Å². The number of unbranched alkanes of at least 4 members (excludes halogenated alkanes) is 1. The number of aliphatic hydroxyl groups is 1. The monoisotopic (exact) mass is 528 g/mol. The first kappa shape index (κ1) is 26.0. The predicted molar refractivity (Wildman–Crippen MR) is 138 cm³/mol. The van der Waals surface area contributed by atoms with Crippen LogP contribution in [0.4, 0.5) is 0 Å². The predicted octanol–water partition coefficient (Wildman–Crippen LogP) is 5.31. The first-order chi connectivity index (χ1) is 16.2. The van der Waals surface area contributed by atoms with Crippen molar-refractivity contribution in [3.63, 3.8) is 0 Å². The largest absolute Gasteiger partial charge is 0.507 e. The van der Waals surface area contributed by atoms with Gasteiger partial charge in [0.05, 0.1) is 18.2 Å². The van der Waals surface area contributed by atoms with E-state index >= 15 is 0 Å². The summed E-state index contributed by atoms with van der Waals surface area (Å²) >= 11 is 3.44. The van der Waals surface area contributed by atoms with Gasteiger partial charge >= 0.3 is 0 Å². The van der Waals surface area contributed by atoms with Gasteiger partial charge in [-0.15, -0.1) is 0 Å². The Balaban J connectivity index is 2.02. The van der Waals surface area contributed by atoms with Crippen LogP contribution in [-0.4, -0.2) is 60.4 Å². The summed E-state index contributed by atoms with van der Waals surface area (Å²) in [7, 11) is 3.94. The van der Waals surface area contributed by atoms with Crippen molar-refractivity contribution in [2.45, 2.75) is 39.2 Å². The fourth-order valence-electron chi connectivity index (χ4n) is 4.10.